The van der Waals surface area contributed by atoms with Crippen LogP contribution in [0.15, 0.2) is 97.3 Å². The third kappa shape index (κ3) is 13.2. The van der Waals surface area contributed by atoms with E-state index >= 15 is 0 Å². The number of ether oxygens (including phenoxy) is 6. The summed E-state index contributed by atoms with van der Waals surface area (Å²) in [5.41, 5.74) is 8.17. The van der Waals surface area contributed by atoms with Crippen molar-refractivity contribution in [3.63, 3.8) is 0 Å². The lowest BCUT2D eigenvalue weighted by atomic mass is 9.99. The molecule has 1 amide bonds. The minimum Gasteiger partial charge on any atom is -0.477 e. The van der Waals surface area contributed by atoms with Gasteiger partial charge in [-0.2, -0.15) is 45.6 Å². The highest BCUT2D eigenvalue weighted by Crippen LogP contribution is 2.40. The molecule has 2 unspecified atom stereocenters. The second kappa shape index (κ2) is 22.6. The fourth-order valence-corrected chi connectivity index (χ4v) is 8.40. The summed E-state index contributed by atoms with van der Waals surface area (Å²) in [5.74, 6) is -1.98. The number of carbonyl (C=O) groups excluding carboxylic acids is 1. The molecule has 2 atom stereocenters. The normalized spacial score (nSPS) is 16.7. The maximum Gasteiger partial charge on any atom is 0.417 e. The molecule has 2 aliphatic rings. The summed E-state index contributed by atoms with van der Waals surface area (Å²) >= 11 is 0. The van der Waals surface area contributed by atoms with Crippen molar-refractivity contribution in [2.24, 2.45) is 0 Å². The Kier molecular flexibility index (Phi) is 16.3. The molecule has 2 saturated heterocycles. The lowest BCUT2D eigenvalue weighted by molar-refractivity contribution is -0.142. The van der Waals surface area contributed by atoms with Gasteiger partial charge in [0.1, 0.15) is 36.9 Å². The van der Waals surface area contributed by atoms with E-state index in [1.54, 1.807) is 58.0 Å². The molecule has 25 heteroatoms. The molecule has 10 rings (SSSR count). The Morgan fingerprint density at radius 3 is 1.56 bits per heavy atom. The average Bonchev–Trinajstić information content (AvgIpc) is 4.19. The molecule has 8 heterocycles. The SMILES string of the molecule is CC1(C)OCC(COc2cccc(C(=O)O)n2)O1.Cc1c(-c2ccccc2C(F)(F)F)nn2c(N)cnc2c1C.Cc1c(-c2ccccc2C(F)(F)F)nn2c(NC(=O)c3cccc(OCC4COC(C)(C)O4)n3)cnc2c1C. The molecule has 0 radical (unpaired) electrons. The maximum atomic E-state index is 13.7. The monoisotopic (exact) mass is 1100 g/mol. The van der Waals surface area contributed by atoms with Gasteiger partial charge in [-0.25, -0.2) is 24.7 Å². The number of alkyl halides is 6. The van der Waals surface area contributed by atoms with Gasteiger partial charge in [0.05, 0.1) is 48.1 Å². The van der Waals surface area contributed by atoms with Crippen molar-refractivity contribution in [1.82, 2.24) is 39.2 Å². The first-order valence-corrected chi connectivity index (χ1v) is 24.4. The van der Waals surface area contributed by atoms with Gasteiger partial charge in [-0.05, 0) is 102 Å². The van der Waals surface area contributed by atoms with Crippen LogP contribution < -0.4 is 20.5 Å². The Hall–Kier alpha value is -8.26. The zero-order valence-electron chi connectivity index (χ0n) is 43.9. The zero-order valence-corrected chi connectivity index (χ0v) is 43.9. The Morgan fingerprint density at radius 1 is 0.646 bits per heavy atom. The van der Waals surface area contributed by atoms with Crippen molar-refractivity contribution in [2.75, 3.05) is 37.5 Å². The van der Waals surface area contributed by atoms with Crippen molar-refractivity contribution in [3.05, 3.63) is 142 Å². The third-order valence-electron chi connectivity index (χ3n) is 12.5. The molecule has 0 spiro atoms. The van der Waals surface area contributed by atoms with E-state index in [-0.39, 0.29) is 82.7 Å². The van der Waals surface area contributed by atoms with Crippen LogP contribution >= 0.6 is 0 Å². The minimum absolute atomic E-state index is 0.0330. The van der Waals surface area contributed by atoms with Gasteiger partial charge in [0.15, 0.2) is 34.4 Å². The summed E-state index contributed by atoms with van der Waals surface area (Å²) in [5, 5.41) is 20.2. The van der Waals surface area contributed by atoms with Crippen LogP contribution in [0.3, 0.4) is 0 Å². The zero-order chi connectivity index (χ0) is 57.2. The Labute approximate surface area is 447 Å². The van der Waals surface area contributed by atoms with E-state index in [1.807, 2.05) is 27.7 Å². The number of halogens is 6. The number of aryl methyl sites for hydroxylation is 2. The van der Waals surface area contributed by atoms with E-state index in [1.165, 1.54) is 63.9 Å². The van der Waals surface area contributed by atoms with Gasteiger partial charge in [0.25, 0.3) is 5.91 Å². The molecule has 0 aliphatic carbocycles. The first-order chi connectivity index (χ1) is 37.2. The standard InChI is InChI=1S/C27H26F3N5O4.C15H13F3N4.C12H15NO5/c1-15-16(2)24-31-12-21(35(24)34-23(15)18-8-5-6-9-19(18)27(28,29)30)33-25(36)20-10-7-11-22(32-20)37-13-17-14-38-26(3,4)39-17;1-8-9(2)14-20-7-12(19)22(14)21-13(8)10-5-3-4-6-11(10)15(16,17)18;1-12(2)17-7-8(18-12)6-16-10-5-3-4-9(13-10)11(14)15/h5-12,17H,13-14H2,1-4H3,(H,33,36);3-7H,19H2,1-2H3;3-5,8H,6-7H2,1-2H3,(H,14,15). The van der Waals surface area contributed by atoms with Crippen molar-refractivity contribution in [3.8, 4) is 34.3 Å². The molecule has 0 bridgehead atoms. The van der Waals surface area contributed by atoms with Gasteiger partial charge in [-0.3, -0.25) is 4.79 Å². The number of carboxylic acids is 1. The number of fused-ring (bicyclic) bond motifs is 2. The first kappa shape index (κ1) is 56.9. The lowest BCUT2D eigenvalue weighted by Crippen LogP contribution is -2.25. The fourth-order valence-electron chi connectivity index (χ4n) is 8.40. The van der Waals surface area contributed by atoms with Crippen molar-refractivity contribution < 1.29 is 69.5 Å². The molecule has 2 fully saturated rings. The second-order valence-corrected chi connectivity index (χ2v) is 19.1. The fraction of sp³-hybridized carbons (Fsp3) is 0.333. The van der Waals surface area contributed by atoms with Crippen LogP contribution in [0, 0.1) is 27.7 Å². The molecular weight excluding hydrogens is 1050 g/mol. The Balaban J connectivity index is 0.000000173. The number of nitrogen functional groups attached to an aromatic ring is 1. The highest BCUT2D eigenvalue weighted by molar-refractivity contribution is 6.02. The highest BCUT2D eigenvalue weighted by atomic mass is 19.4. The van der Waals surface area contributed by atoms with Gasteiger partial charge in [0, 0.05) is 23.3 Å². The van der Waals surface area contributed by atoms with E-state index in [9.17, 15) is 35.9 Å². The molecule has 79 heavy (non-hydrogen) atoms. The number of nitrogens with one attached hydrogen (secondary N) is 1. The predicted octanol–water partition coefficient (Wildman–Crippen LogP) is 10.1. The molecule has 19 nitrogen and oxygen atoms in total. The molecule has 8 aromatic rings. The number of pyridine rings is 2. The molecule has 0 saturated carbocycles. The number of aromatic carboxylic acids is 1. The van der Waals surface area contributed by atoms with Crippen LogP contribution in [0.4, 0.5) is 38.0 Å². The van der Waals surface area contributed by atoms with E-state index < -0.39 is 46.9 Å². The number of hydrogen-bond acceptors (Lipinski definition) is 15. The van der Waals surface area contributed by atoms with Crippen molar-refractivity contribution in [2.45, 2.75) is 91.5 Å². The number of hydrogen-bond donors (Lipinski definition) is 3. The van der Waals surface area contributed by atoms with Crippen LogP contribution in [0.5, 0.6) is 11.8 Å². The summed E-state index contributed by atoms with van der Waals surface area (Å²) in [7, 11) is 0. The van der Waals surface area contributed by atoms with Crippen LogP contribution in [-0.2, 0) is 31.3 Å². The number of amides is 1. The molecule has 2 aliphatic heterocycles. The summed E-state index contributed by atoms with van der Waals surface area (Å²) in [4.78, 5) is 40.4. The largest absolute Gasteiger partial charge is 0.477 e. The first-order valence-electron chi connectivity index (χ1n) is 24.4. The van der Waals surface area contributed by atoms with E-state index in [2.05, 4.69) is 35.5 Å². The van der Waals surface area contributed by atoms with Gasteiger partial charge < -0.3 is 44.6 Å². The molecule has 4 N–H and O–H groups in total. The second-order valence-electron chi connectivity index (χ2n) is 19.1. The number of imidazole rings is 2. The van der Waals surface area contributed by atoms with Crippen LogP contribution in [-0.4, -0.2) is 106 Å². The third-order valence-corrected chi connectivity index (χ3v) is 12.5. The number of rotatable bonds is 11. The summed E-state index contributed by atoms with van der Waals surface area (Å²) < 4.78 is 117. The average molecular weight is 1100 g/mol. The van der Waals surface area contributed by atoms with Gasteiger partial charge in [-0.15, -0.1) is 0 Å². The predicted molar refractivity (Wildman–Crippen MR) is 274 cm³/mol. The quantitative estimate of drug-likeness (QED) is 0.102. The van der Waals surface area contributed by atoms with E-state index in [0.717, 1.165) is 17.7 Å². The molecule has 2 aromatic carbocycles. The smallest absolute Gasteiger partial charge is 0.417 e. The topological polar surface area (TPSA) is 234 Å². The lowest BCUT2D eigenvalue weighted by Gasteiger charge is -2.17. The minimum atomic E-state index is -4.56. The van der Waals surface area contributed by atoms with Crippen molar-refractivity contribution >= 4 is 34.8 Å². The number of nitrogens with zero attached hydrogens (tertiary/aromatic N) is 8. The number of benzene rings is 2. The number of nitrogens with two attached hydrogens (primary N) is 1. The number of carbonyl (C=O) groups is 2. The number of aromatic nitrogens is 8. The molecule has 416 valence electrons. The number of anilines is 2. The summed E-state index contributed by atoms with van der Waals surface area (Å²) in [6, 6.07) is 20.0. The van der Waals surface area contributed by atoms with Crippen molar-refractivity contribution in [1.29, 1.82) is 0 Å². The number of carboxylic acid groups (broad SMARTS) is 1. The van der Waals surface area contributed by atoms with Gasteiger partial charge in [0.2, 0.25) is 11.8 Å². The highest BCUT2D eigenvalue weighted by Gasteiger charge is 2.37. The molecular formula is C54H54F6N10O9. The molecule has 6 aromatic heterocycles. The van der Waals surface area contributed by atoms with E-state index in [0.29, 0.717) is 41.2 Å². The van der Waals surface area contributed by atoms with E-state index in [4.69, 9.17) is 39.3 Å². The van der Waals surface area contributed by atoms with Crippen LogP contribution in [0.1, 0.15) is 82.1 Å². The summed E-state index contributed by atoms with van der Waals surface area (Å²) in [6.07, 6.45) is -6.62. The summed E-state index contributed by atoms with van der Waals surface area (Å²) in [6.45, 7) is 15.5. The van der Waals surface area contributed by atoms with Gasteiger partial charge in [-0.1, -0.05) is 48.5 Å². The Bertz CT molecular complexity index is 3550. The maximum absolute atomic E-state index is 13.7. The van der Waals surface area contributed by atoms with Crippen LogP contribution in [0.25, 0.3) is 33.8 Å². The Morgan fingerprint density at radius 2 is 1.09 bits per heavy atom. The van der Waals surface area contributed by atoms with Crippen LogP contribution in [0.2, 0.25) is 0 Å². The van der Waals surface area contributed by atoms with Gasteiger partial charge >= 0.3 is 18.3 Å².